The molecule has 6 heteroatoms. The van der Waals surface area contributed by atoms with E-state index in [2.05, 4.69) is 36.2 Å². The van der Waals surface area contributed by atoms with E-state index in [1.807, 2.05) is 38.1 Å². The van der Waals surface area contributed by atoms with Gasteiger partial charge in [-0.3, -0.25) is 4.79 Å². The van der Waals surface area contributed by atoms with E-state index in [9.17, 15) is 9.18 Å². The third kappa shape index (κ3) is 4.19. The van der Waals surface area contributed by atoms with Crippen LogP contribution in [-0.2, 0) is 5.41 Å². The third-order valence-corrected chi connectivity index (χ3v) is 5.33. The highest BCUT2D eigenvalue weighted by molar-refractivity contribution is 6.04. The molecule has 0 aliphatic carbocycles. The Hall–Kier alpha value is -3.54. The van der Waals surface area contributed by atoms with E-state index in [0.717, 1.165) is 22.4 Å². The molecule has 0 aliphatic rings. The van der Waals surface area contributed by atoms with Crippen LogP contribution in [0.15, 0.2) is 54.6 Å². The van der Waals surface area contributed by atoms with Crippen LogP contribution in [0.25, 0.3) is 16.9 Å². The second-order valence-electron chi connectivity index (χ2n) is 8.84. The van der Waals surface area contributed by atoms with Gasteiger partial charge in [-0.2, -0.15) is 5.10 Å². The fourth-order valence-corrected chi connectivity index (χ4v) is 3.29. The van der Waals surface area contributed by atoms with Gasteiger partial charge in [-0.05, 0) is 67.4 Å². The van der Waals surface area contributed by atoms with Crippen molar-refractivity contribution in [1.82, 2.24) is 14.6 Å². The Morgan fingerprint density at radius 1 is 0.968 bits per heavy atom. The van der Waals surface area contributed by atoms with Crippen molar-refractivity contribution < 1.29 is 9.18 Å². The topological polar surface area (TPSA) is 59.3 Å². The maximum atomic E-state index is 13.4. The monoisotopic (exact) mass is 416 g/mol. The molecule has 0 aliphatic heterocycles. The maximum absolute atomic E-state index is 13.4. The summed E-state index contributed by atoms with van der Waals surface area (Å²) in [7, 11) is 0. The molecule has 0 spiro atoms. The number of aryl methyl sites for hydroxylation is 2. The lowest BCUT2D eigenvalue weighted by molar-refractivity contribution is 0.101. The number of carbonyl (C=O) groups is 1. The number of aromatic nitrogens is 3. The molecule has 4 rings (SSSR count). The Balaban J connectivity index is 1.84. The number of rotatable bonds is 3. The molecule has 0 saturated heterocycles. The van der Waals surface area contributed by atoms with E-state index in [1.54, 1.807) is 22.7 Å². The van der Waals surface area contributed by atoms with Gasteiger partial charge in [0.2, 0.25) is 0 Å². The van der Waals surface area contributed by atoms with E-state index in [-0.39, 0.29) is 17.1 Å². The van der Waals surface area contributed by atoms with E-state index in [4.69, 9.17) is 0 Å². The third-order valence-electron chi connectivity index (χ3n) is 5.33. The molecule has 2 aromatic carbocycles. The highest BCUT2D eigenvalue weighted by Crippen LogP contribution is 2.26. The summed E-state index contributed by atoms with van der Waals surface area (Å²) in [6, 6.07) is 15.4. The molecule has 1 N–H and O–H groups in total. The predicted octanol–water partition coefficient (Wildman–Crippen LogP) is 5.70. The smallest absolute Gasteiger partial charge is 0.274 e. The van der Waals surface area contributed by atoms with Crippen LogP contribution in [0.2, 0.25) is 0 Å². The largest absolute Gasteiger partial charge is 0.321 e. The molecule has 0 fully saturated rings. The van der Waals surface area contributed by atoms with Gasteiger partial charge in [0, 0.05) is 22.7 Å². The number of carbonyl (C=O) groups excluding carboxylic acids is 1. The van der Waals surface area contributed by atoms with Crippen LogP contribution < -0.4 is 5.32 Å². The number of fused-ring (bicyclic) bond motifs is 1. The molecule has 5 nitrogen and oxygen atoms in total. The zero-order chi connectivity index (χ0) is 22.3. The van der Waals surface area contributed by atoms with Gasteiger partial charge >= 0.3 is 0 Å². The minimum atomic E-state index is -0.322. The standard InChI is InChI=1S/C25H25FN4O/c1-15-6-11-19(12-16(15)2)27-24(31)21-13-20(17-7-9-18(26)10-8-17)28-23-14-22(25(3,4)5)29-30(21)23/h6-14H,1-5H3,(H,27,31). The Morgan fingerprint density at radius 2 is 1.68 bits per heavy atom. The summed E-state index contributed by atoms with van der Waals surface area (Å²) in [4.78, 5) is 17.9. The fraction of sp³-hybridized carbons (Fsp3) is 0.240. The molecule has 4 aromatic rings. The second kappa shape index (κ2) is 7.61. The van der Waals surface area contributed by atoms with Crippen molar-refractivity contribution in [2.45, 2.75) is 40.0 Å². The molecular weight excluding hydrogens is 391 g/mol. The SMILES string of the molecule is Cc1ccc(NC(=O)c2cc(-c3ccc(F)cc3)nc3cc(C(C)(C)C)nn23)cc1C. The van der Waals surface area contributed by atoms with Crippen molar-refractivity contribution in [3.63, 3.8) is 0 Å². The van der Waals surface area contributed by atoms with Gasteiger partial charge in [0.05, 0.1) is 11.4 Å². The van der Waals surface area contributed by atoms with Crippen molar-refractivity contribution in [2.24, 2.45) is 0 Å². The lowest BCUT2D eigenvalue weighted by atomic mass is 9.93. The first-order chi connectivity index (χ1) is 14.6. The van der Waals surface area contributed by atoms with Gasteiger partial charge in [0.25, 0.3) is 5.91 Å². The summed E-state index contributed by atoms with van der Waals surface area (Å²) in [5.74, 6) is -0.612. The first kappa shape index (κ1) is 20.7. The van der Waals surface area contributed by atoms with E-state index in [1.165, 1.54) is 12.1 Å². The molecular formula is C25H25FN4O. The van der Waals surface area contributed by atoms with Crippen LogP contribution in [0.4, 0.5) is 10.1 Å². The average Bonchev–Trinajstić information content (AvgIpc) is 3.15. The lowest BCUT2D eigenvalue weighted by Crippen LogP contribution is -2.18. The molecule has 0 unspecified atom stereocenters. The minimum absolute atomic E-state index is 0.203. The number of anilines is 1. The number of halogens is 1. The van der Waals surface area contributed by atoms with Gasteiger partial charge < -0.3 is 5.32 Å². The molecule has 2 aromatic heterocycles. The van der Waals surface area contributed by atoms with Crippen molar-refractivity contribution in [2.75, 3.05) is 5.32 Å². The number of nitrogens with one attached hydrogen (secondary N) is 1. The van der Waals surface area contributed by atoms with Gasteiger partial charge in [-0.25, -0.2) is 13.9 Å². The molecule has 0 saturated carbocycles. The predicted molar refractivity (Wildman–Crippen MR) is 121 cm³/mol. The Kier molecular flexibility index (Phi) is 5.09. The summed E-state index contributed by atoms with van der Waals surface area (Å²) in [6.07, 6.45) is 0. The van der Waals surface area contributed by atoms with Crippen LogP contribution in [-0.4, -0.2) is 20.5 Å². The number of hydrogen-bond donors (Lipinski definition) is 1. The first-order valence-corrected chi connectivity index (χ1v) is 10.2. The van der Waals surface area contributed by atoms with Crippen LogP contribution >= 0.6 is 0 Å². The summed E-state index contributed by atoms with van der Waals surface area (Å²) in [5.41, 5.74) is 5.83. The highest BCUT2D eigenvalue weighted by Gasteiger charge is 2.22. The Bertz CT molecular complexity index is 1280. The van der Waals surface area contributed by atoms with Crippen molar-refractivity contribution >= 4 is 17.2 Å². The quantitative estimate of drug-likeness (QED) is 0.466. The molecule has 0 atom stereocenters. The van der Waals surface area contributed by atoms with Crippen LogP contribution in [0, 0.1) is 19.7 Å². The zero-order valence-electron chi connectivity index (χ0n) is 18.3. The maximum Gasteiger partial charge on any atom is 0.274 e. The summed E-state index contributed by atoms with van der Waals surface area (Å²) >= 11 is 0. The number of amides is 1. The number of hydrogen-bond acceptors (Lipinski definition) is 3. The zero-order valence-corrected chi connectivity index (χ0v) is 18.3. The average molecular weight is 417 g/mol. The first-order valence-electron chi connectivity index (χ1n) is 10.2. The van der Waals surface area contributed by atoms with Gasteiger partial charge in [-0.15, -0.1) is 0 Å². The molecule has 158 valence electrons. The molecule has 31 heavy (non-hydrogen) atoms. The van der Waals surface area contributed by atoms with Crippen molar-refractivity contribution in [1.29, 1.82) is 0 Å². The van der Waals surface area contributed by atoms with E-state index >= 15 is 0 Å². The normalized spacial score (nSPS) is 11.7. The van der Waals surface area contributed by atoms with E-state index in [0.29, 0.717) is 22.7 Å². The number of nitrogens with zero attached hydrogens (tertiary/aromatic N) is 3. The summed E-state index contributed by atoms with van der Waals surface area (Å²) < 4.78 is 15.0. The Morgan fingerprint density at radius 3 is 2.32 bits per heavy atom. The van der Waals surface area contributed by atoms with Gasteiger partial charge in [0.15, 0.2) is 5.65 Å². The second-order valence-corrected chi connectivity index (χ2v) is 8.84. The van der Waals surface area contributed by atoms with Crippen LogP contribution in [0.5, 0.6) is 0 Å². The Labute approximate surface area is 181 Å². The van der Waals surface area contributed by atoms with Gasteiger partial charge in [-0.1, -0.05) is 26.8 Å². The minimum Gasteiger partial charge on any atom is -0.321 e. The van der Waals surface area contributed by atoms with Crippen LogP contribution in [0.3, 0.4) is 0 Å². The molecule has 0 bridgehead atoms. The fourth-order valence-electron chi connectivity index (χ4n) is 3.29. The molecule has 1 amide bonds. The number of benzene rings is 2. The summed E-state index contributed by atoms with van der Waals surface area (Å²) in [5, 5.41) is 7.63. The van der Waals surface area contributed by atoms with Crippen molar-refractivity contribution in [3.8, 4) is 11.3 Å². The van der Waals surface area contributed by atoms with Crippen LogP contribution in [0.1, 0.15) is 48.1 Å². The molecule has 0 radical (unpaired) electrons. The van der Waals surface area contributed by atoms with E-state index < -0.39 is 0 Å². The summed E-state index contributed by atoms with van der Waals surface area (Å²) in [6.45, 7) is 10.2. The highest BCUT2D eigenvalue weighted by atomic mass is 19.1. The molecule has 2 heterocycles. The lowest BCUT2D eigenvalue weighted by Gasteiger charge is -2.14. The van der Waals surface area contributed by atoms with Crippen molar-refractivity contribution in [3.05, 3.63) is 82.9 Å². The van der Waals surface area contributed by atoms with Gasteiger partial charge in [0.1, 0.15) is 11.5 Å².